The molecule has 0 spiro atoms. The molecule has 0 fully saturated rings. The molecule has 0 aliphatic carbocycles. The molecule has 0 amide bonds. The molecule has 6 heterocycles. The molecule has 19 aromatic rings. The maximum Gasteiger partial charge on any atom is 2.00 e. The van der Waals surface area contributed by atoms with E-state index in [4.69, 9.17) is 29.9 Å². The van der Waals surface area contributed by atoms with Crippen LogP contribution in [0.2, 0.25) is 0 Å². The zero-order valence-corrected chi connectivity index (χ0v) is 69.2. The summed E-state index contributed by atoms with van der Waals surface area (Å²) in [5, 5.41) is 22.9. The molecule has 10 nitrogen and oxygen atoms in total. The number of fused-ring (bicyclic) bond motifs is 4. The number of para-hydroxylation sites is 6. The minimum Gasteiger partial charge on any atom is -0.660 e. The Labute approximate surface area is 703 Å². The molecular formula is C104H74N10Pt2. The van der Waals surface area contributed by atoms with Crippen LogP contribution in [0.4, 0.5) is 0 Å². The number of nitriles is 2. The molecule has 0 atom stereocenters. The van der Waals surface area contributed by atoms with Gasteiger partial charge < -0.3 is 9.97 Å². The van der Waals surface area contributed by atoms with Gasteiger partial charge >= 0.3 is 42.1 Å². The summed E-state index contributed by atoms with van der Waals surface area (Å²) >= 11 is 0. The van der Waals surface area contributed by atoms with Crippen molar-refractivity contribution in [1.29, 1.82) is 10.5 Å². The third-order valence-electron chi connectivity index (χ3n) is 21.9. The van der Waals surface area contributed by atoms with Gasteiger partial charge in [0.25, 0.3) is 0 Å². The summed E-state index contributed by atoms with van der Waals surface area (Å²) in [5.41, 5.74) is 32.7. The minimum atomic E-state index is -0.178. The van der Waals surface area contributed by atoms with Gasteiger partial charge in [-0.05, 0) is 82.1 Å². The zero-order valence-electron chi connectivity index (χ0n) is 64.7. The van der Waals surface area contributed by atoms with E-state index >= 15 is 0 Å². The maximum atomic E-state index is 10.3. The van der Waals surface area contributed by atoms with Crippen LogP contribution in [0.5, 0.6) is 0 Å². The molecule has 560 valence electrons. The van der Waals surface area contributed by atoms with Crippen LogP contribution in [0, 0.1) is 62.5 Å². The summed E-state index contributed by atoms with van der Waals surface area (Å²) in [6.45, 7) is 15.1. The number of pyridine rings is 2. The molecule has 0 aliphatic rings. The third kappa shape index (κ3) is 14.2. The fraction of sp³-hybridized carbons (Fsp3) is 0.0769. The zero-order chi connectivity index (χ0) is 77.7. The van der Waals surface area contributed by atoms with E-state index in [2.05, 4.69) is 288 Å². The second-order valence-electron chi connectivity index (χ2n) is 29.9. The van der Waals surface area contributed by atoms with Gasteiger partial charge in [-0.15, -0.1) is 64.1 Å². The predicted octanol–water partition coefficient (Wildman–Crippen LogP) is 25.3. The van der Waals surface area contributed by atoms with Crippen LogP contribution in [0.1, 0.15) is 60.0 Å². The number of imidazole rings is 2. The largest absolute Gasteiger partial charge is 2.00 e. The van der Waals surface area contributed by atoms with Gasteiger partial charge in [0.2, 0.25) is 0 Å². The second-order valence-corrected chi connectivity index (χ2v) is 29.9. The van der Waals surface area contributed by atoms with Crippen LogP contribution in [-0.2, 0) is 47.5 Å². The van der Waals surface area contributed by atoms with Crippen molar-refractivity contribution < 1.29 is 42.1 Å². The standard InChI is InChI=1S/C53H35N5.C51H39N5.2Pt/c1-34-35(2)56-51-43(34)23-14-25-46(51)53-57-52-45(24-15-27-50(52)58(53)49-26-13-12-22-44(49)37-18-8-4-9-19-37)40-28-39(36-16-6-3-7-17-36)29-41(30-40)48-31-42(32-54)47(33-55-48)38-20-10-5-11-21-38;1-32-33(2)54-48-40(32)21-14-23-43(48)50-55-49-42(22-15-25-47(49)56(50)46-24-13-12-20-41(46)34-16-8-6-9-17-34)36-26-37(28-39(27-36)51(3,4)5)45-29-38(30-52)44(31-53-45)35-18-10-7-11-19-35;;/h3-29,31,33H,1-2H3;6-25,27-29,31H,1-5H3;;/q2*-2;2*+2. The Morgan fingerprint density at radius 2 is 0.672 bits per heavy atom. The predicted molar refractivity (Wildman–Crippen MR) is 464 cm³/mol. The molecular weight excluding hydrogens is 1780 g/mol. The van der Waals surface area contributed by atoms with Crippen molar-refractivity contribution >= 4 is 43.9 Å². The number of hydrogen-bond donors (Lipinski definition) is 0. The Morgan fingerprint density at radius 3 is 1.09 bits per heavy atom. The van der Waals surface area contributed by atoms with E-state index in [0.717, 1.165) is 184 Å². The Hall–Kier alpha value is -13.5. The van der Waals surface area contributed by atoms with E-state index < -0.39 is 0 Å². The Bertz CT molecular complexity index is 7020. The van der Waals surface area contributed by atoms with Gasteiger partial charge in [-0.2, -0.15) is 21.9 Å². The third-order valence-corrected chi connectivity index (χ3v) is 21.9. The molecule has 0 radical (unpaired) electrons. The average Bonchev–Trinajstić information content (AvgIpc) is 1.58. The SMILES string of the molecule is Cc1[n-]c2c(-c3nc4c(-c5[c-]c(-c6cc(C#N)c(-c7ccccc7)cn6)cc(-c6ccccc6)c5)cccc4n3-c3ccccc3-c3ccccc3)cccc2c1C.Cc1[n-]c2c(-c3nc4c(-c5[c-]c(-c6cc(C#N)c(-c7ccccc7)cn6)cc(C(C)(C)C)c5)cccc4n3-c3ccccc3-c3ccccc3)cccc2c1C.[Pt+2].[Pt+2]. The molecule has 0 bridgehead atoms. The Kier molecular flexibility index (Phi) is 21.2. The number of hydrogen-bond acceptors (Lipinski definition) is 6. The molecule has 0 N–H and O–H groups in total. The van der Waals surface area contributed by atoms with Crippen molar-refractivity contribution in [2.24, 2.45) is 0 Å². The molecule has 0 aliphatic heterocycles. The molecule has 12 heteroatoms. The van der Waals surface area contributed by atoms with Crippen molar-refractivity contribution in [3.8, 4) is 147 Å². The van der Waals surface area contributed by atoms with Gasteiger partial charge in [0, 0.05) is 57.2 Å². The quantitative estimate of drug-likeness (QED) is 0.104. The monoisotopic (exact) mass is 1850 g/mol. The first kappa shape index (κ1) is 76.5. The Balaban J connectivity index is 0.000000171. The summed E-state index contributed by atoms with van der Waals surface area (Å²) in [5.74, 6) is 1.63. The first-order chi connectivity index (χ1) is 55.7. The summed E-state index contributed by atoms with van der Waals surface area (Å²) < 4.78 is 4.59. The molecule has 0 unspecified atom stereocenters. The summed E-state index contributed by atoms with van der Waals surface area (Å²) in [7, 11) is 0. The van der Waals surface area contributed by atoms with Crippen LogP contribution in [-0.4, -0.2) is 29.1 Å². The summed E-state index contributed by atoms with van der Waals surface area (Å²) in [6, 6.07) is 119. The van der Waals surface area contributed by atoms with Gasteiger partial charge in [0.1, 0.15) is 11.6 Å². The summed E-state index contributed by atoms with van der Waals surface area (Å²) in [6.07, 6.45) is 3.60. The topological polar surface area (TPSA) is 137 Å². The van der Waals surface area contributed by atoms with Crippen LogP contribution in [0.15, 0.2) is 322 Å². The number of rotatable bonds is 13. The van der Waals surface area contributed by atoms with Gasteiger partial charge in [-0.3, -0.25) is 19.1 Å². The number of nitrogens with zero attached hydrogens (tertiary/aromatic N) is 10. The van der Waals surface area contributed by atoms with E-state index in [0.29, 0.717) is 22.5 Å². The van der Waals surface area contributed by atoms with Crippen molar-refractivity contribution in [3.63, 3.8) is 0 Å². The Morgan fingerprint density at radius 1 is 0.336 bits per heavy atom. The van der Waals surface area contributed by atoms with E-state index in [9.17, 15) is 10.5 Å². The molecule has 0 saturated carbocycles. The average molecular weight is 1850 g/mol. The molecule has 13 aromatic carbocycles. The van der Waals surface area contributed by atoms with E-state index in [1.165, 1.54) is 11.1 Å². The first-order valence-electron chi connectivity index (χ1n) is 38.3. The van der Waals surface area contributed by atoms with Crippen LogP contribution >= 0.6 is 0 Å². The van der Waals surface area contributed by atoms with Crippen molar-refractivity contribution in [3.05, 3.63) is 373 Å². The molecule has 6 aromatic heterocycles. The van der Waals surface area contributed by atoms with Gasteiger partial charge in [0.15, 0.2) is 0 Å². The molecule has 19 rings (SSSR count). The van der Waals surface area contributed by atoms with Crippen LogP contribution in [0.3, 0.4) is 0 Å². The first-order valence-corrected chi connectivity index (χ1v) is 38.3. The normalized spacial score (nSPS) is 11.2. The second kappa shape index (κ2) is 32.2. The van der Waals surface area contributed by atoms with Crippen molar-refractivity contribution in [2.75, 3.05) is 0 Å². The number of benzene rings is 13. The minimum absolute atomic E-state index is 0. The van der Waals surface area contributed by atoms with Crippen LogP contribution < -0.4 is 9.97 Å². The van der Waals surface area contributed by atoms with Crippen molar-refractivity contribution in [1.82, 2.24) is 39.0 Å². The van der Waals surface area contributed by atoms with Crippen LogP contribution in [0.25, 0.3) is 178 Å². The smallest absolute Gasteiger partial charge is 0.660 e. The fourth-order valence-electron chi connectivity index (χ4n) is 15.8. The van der Waals surface area contributed by atoms with E-state index in [-0.39, 0.29) is 47.5 Å². The molecule has 116 heavy (non-hydrogen) atoms. The molecule has 0 saturated heterocycles. The van der Waals surface area contributed by atoms with Crippen molar-refractivity contribution in [2.45, 2.75) is 53.9 Å². The number of aryl methyl sites for hydroxylation is 4. The van der Waals surface area contributed by atoms with E-state index in [1.54, 1.807) is 12.4 Å². The van der Waals surface area contributed by atoms with E-state index in [1.807, 2.05) is 103 Å². The van der Waals surface area contributed by atoms with Gasteiger partial charge in [0.05, 0.1) is 56.7 Å². The van der Waals surface area contributed by atoms with Gasteiger partial charge in [-0.1, -0.05) is 334 Å². The van der Waals surface area contributed by atoms with Gasteiger partial charge in [-0.25, -0.2) is 9.97 Å². The summed E-state index contributed by atoms with van der Waals surface area (Å²) in [4.78, 5) is 31.2. The fourth-order valence-corrected chi connectivity index (χ4v) is 15.8. The number of aromatic nitrogens is 8. The maximum absolute atomic E-state index is 10.3.